The molecule has 2 unspecified atom stereocenters. The van der Waals surface area contributed by atoms with Crippen molar-refractivity contribution in [2.24, 2.45) is 23.7 Å². The van der Waals surface area contributed by atoms with Gasteiger partial charge in [0.05, 0.1) is 0 Å². The fourth-order valence-electron chi connectivity index (χ4n) is 7.71. The quantitative estimate of drug-likeness (QED) is 0.549. The highest BCUT2D eigenvalue weighted by atomic mass is 16.5. The standard InChI is InChI=1S/C27H50N2O/c1-28(2)24-14-10-21(11-15-24)26-18-23(20-8-6-5-7-9-20)19-27(30-26)22-12-16-25(17-13-22)29(3)4/h20-27H,5-19H2,1-4H3/p+1. The average molecular weight is 420 g/mol. The van der Waals surface area contributed by atoms with Crippen molar-refractivity contribution in [3.63, 3.8) is 0 Å². The molecule has 3 aliphatic carbocycles. The van der Waals surface area contributed by atoms with Crippen LogP contribution in [0.5, 0.6) is 0 Å². The van der Waals surface area contributed by atoms with Crippen molar-refractivity contribution < 1.29 is 4.74 Å². The Balaban J connectivity index is 1.40. The average Bonchev–Trinajstić information content (AvgIpc) is 2.79. The Morgan fingerprint density at radius 2 is 0.900 bits per heavy atom. The van der Waals surface area contributed by atoms with Crippen LogP contribution in [0, 0.1) is 23.7 Å². The van der Waals surface area contributed by atoms with Crippen molar-refractivity contribution >= 4 is 0 Å². The molecule has 30 heavy (non-hydrogen) atoms. The second-order valence-electron chi connectivity index (χ2n) is 12.0. The van der Waals surface area contributed by atoms with Gasteiger partial charge in [-0.2, -0.15) is 0 Å². The van der Waals surface area contributed by atoms with Crippen LogP contribution in [-0.4, -0.2) is 67.0 Å². The Kier molecular flexibility index (Phi) is 8.19. The molecule has 3 nitrogen and oxygen atoms in total. The van der Waals surface area contributed by atoms with E-state index in [1.165, 1.54) is 96.3 Å². The van der Waals surface area contributed by atoms with Gasteiger partial charge in [-0.3, -0.25) is 0 Å². The summed E-state index contributed by atoms with van der Waals surface area (Å²) in [4.78, 5) is 4.93. The zero-order chi connectivity index (χ0) is 21.1. The number of aliphatic hydroxyl groups is 2. The zero-order valence-electron chi connectivity index (χ0n) is 20.6. The molecule has 174 valence electrons. The van der Waals surface area contributed by atoms with E-state index in [0.717, 1.165) is 35.8 Å². The molecule has 1 N–H and O–H groups in total. The molecule has 0 radical (unpaired) electrons. The first-order chi connectivity index (χ1) is 14.5. The summed E-state index contributed by atoms with van der Waals surface area (Å²) in [7, 11) is 9.09. The van der Waals surface area contributed by atoms with Crippen molar-refractivity contribution in [3.05, 3.63) is 0 Å². The van der Waals surface area contributed by atoms with Crippen LogP contribution < -0.4 is 0 Å². The Morgan fingerprint density at radius 3 is 1.30 bits per heavy atom. The van der Waals surface area contributed by atoms with Crippen LogP contribution in [0.4, 0.5) is 0 Å². The first-order valence-corrected chi connectivity index (χ1v) is 13.5. The lowest BCUT2D eigenvalue weighted by molar-refractivity contribution is -0.247. The van der Waals surface area contributed by atoms with E-state index in [2.05, 4.69) is 38.0 Å². The molecule has 4 fully saturated rings. The second kappa shape index (κ2) is 10.7. The van der Waals surface area contributed by atoms with Crippen LogP contribution in [-0.2, 0) is 0 Å². The van der Waals surface area contributed by atoms with Crippen LogP contribution in [0.2, 0.25) is 0 Å². The van der Waals surface area contributed by atoms with Crippen LogP contribution >= 0.6 is 0 Å². The number of ether oxygens (including phenoxy) is 1. The van der Waals surface area contributed by atoms with Gasteiger partial charge in [0, 0.05) is 36.8 Å². The topological polar surface area (TPSA) is 19.3 Å². The minimum atomic E-state index is 0.686. The highest BCUT2D eigenvalue weighted by molar-refractivity contribution is 4.91. The molecule has 4 rings (SSSR count). The van der Waals surface area contributed by atoms with Crippen LogP contribution in [0.3, 0.4) is 0 Å². The third-order valence-corrected chi connectivity index (χ3v) is 9.82. The van der Waals surface area contributed by atoms with Gasteiger partial charge in [-0.25, -0.2) is 0 Å². The smallest absolute Gasteiger partial charge is 0.158 e. The van der Waals surface area contributed by atoms with E-state index in [4.69, 9.17) is 4.74 Å². The Labute approximate surface area is 187 Å². The Bertz CT molecular complexity index is 463. The minimum Gasteiger partial charge on any atom is -0.429 e. The minimum absolute atomic E-state index is 0.686. The van der Waals surface area contributed by atoms with Crippen molar-refractivity contribution in [3.8, 4) is 0 Å². The summed E-state index contributed by atoms with van der Waals surface area (Å²) in [6, 6.07) is 1.63. The summed E-state index contributed by atoms with van der Waals surface area (Å²) in [5, 5.41) is 0. The third-order valence-electron chi connectivity index (χ3n) is 9.82. The van der Waals surface area contributed by atoms with E-state index in [9.17, 15) is 0 Å². The van der Waals surface area contributed by atoms with Gasteiger partial charge < -0.3 is 14.5 Å². The fourth-order valence-corrected chi connectivity index (χ4v) is 7.71. The number of hydrogen-bond donors (Lipinski definition) is 0. The molecule has 0 amide bonds. The highest BCUT2D eigenvalue weighted by Crippen LogP contribution is 2.45. The third kappa shape index (κ3) is 5.62. The summed E-state index contributed by atoms with van der Waals surface area (Å²) < 4.78 is 5.69. The lowest BCUT2D eigenvalue weighted by Crippen LogP contribution is -2.48. The maximum absolute atomic E-state index is 5.69. The molecule has 0 aromatic heterocycles. The first kappa shape index (κ1) is 23.1. The molecular formula is C27H51N2O+. The lowest BCUT2D eigenvalue weighted by Gasteiger charge is -2.45. The van der Waals surface area contributed by atoms with Crippen LogP contribution in [0.15, 0.2) is 0 Å². The van der Waals surface area contributed by atoms with E-state index in [-0.39, 0.29) is 0 Å². The maximum atomic E-state index is 5.69. The predicted octanol–water partition coefficient (Wildman–Crippen LogP) is 5.48. The second-order valence-corrected chi connectivity index (χ2v) is 12.0. The van der Waals surface area contributed by atoms with Crippen molar-refractivity contribution in [2.45, 2.75) is 121 Å². The molecule has 0 bridgehead atoms. The van der Waals surface area contributed by atoms with Crippen molar-refractivity contribution in [1.29, 1.82) is 0 Å². The van der Waals surface area contributed by atoms with Gasteiger partial charge in [0.2, 0.25) is 0 Å². The van der Waals surface area contributed by atoms with E-state index < -0.39 is 0 Å². The molecular weight excluding hydrogens is 368 g/mol. The van der Waals surface area contributed by atoms with Gasteiger partial charge in [-0.05, 0) is 91.4 Å². The number of nitrogens with zero attached hydrogens (tertiary/aromatic N) is 2. The Hall–Kier alpha value is -0.120. The Morgan fingerprint density at radius 1 is 0.467 bits per heavy atom. The molecule has 1 saturated heterocycles. The largest absolute Gasteiger partial charge is 0.429 e. The molecule has 2 atom stereocenters. The van der Waals surface area contributed by atoms with Gasteiger partial charge in [-0.15, -0.1) is 0 Å². The molecule has 3 saturated carbocycles. The summed E-state index contributed by atoms with van der Waals surface area (Å²) in [5.41, 5.74) is 0. The summed E-state index contributed by atoms with van der Waals surface area (Å²) >= 11 is 0. The van der Waals surface area contributed by atoms with E-state index in [1.54, 1.807) is 0 Å². The van der Waals surface area contributed by atoms with Crippen LogP contribution in [0.25, 0.3) is 0 Å². The molecule has 1 aliphatic heterocycles. The molecule has 4 aliphatic rings. The summed E-state index contributed by atoms with van der Waals surface area (Å²) in [5.74, 6) is 3.77. The SMILES string of the molecule is CN(C)C1CCC(C2CC(C3CCCCC3)CC(C3CCC(N(C)C)CC3)[OH+]2)CC1. The summed E-state index contributed by atoms with van der Waals surface area (Å²) in [6.45, 7) is 0. The normalized spacial score (nSPS) is 42.0. The molecule has 3 heteroatoms. The van der Waals surface area contributed by atoms with E-state index in [0.29, 0.717) is 12.2 Å². The maximum Gasteiger partial charge on any atom is 0.158 e. The first-order valence-electron chi connectivity index (χ1n) is 13.5. The van der Waals surface area contributed by atoms with Gasteiger partial charge in [0.1, 0.15) is 0 Å². The van der Waals surface area contributed by atoms with Gasteiger partial charge in [-0.1, -0.05) is 32.1 Å². The lowest BCUT2D eigenvalue weighted by atomic mass is 9.68. The zero-order valence-corrected chi connectivity index (χ0v) is 20.6. The number of rotatable bonds is 5. The predicted molar refractivity (Wildman–Crippen MR) is 128 cm³/mol. The number of hydrogen-bond acceptors (Lipinski definition) is 2. The van der Waals surface area contributed by atoms with Crippen molar-refractivity contribution in [1.82, 2.24) is 9.80 Å². The van der Waals surface area contributed by atoms with Crippen LogP contribution in [0.1, 0.15) is 96.3 Å². The van der Waals surface area contributed by atoms with Gasteiger partial charge >= 0.3 is 0 Å². The van der Waals surface area contributed by atoms with Gasteiger partial charge in [0.25, 0.3) is 0 Å². The highest BCUT2D eigenvalue weighted by Gasteiger charge is 2.45. The molecule has 0 aromatic rings. The fraction of sp³-hybridized carbons (Fsp3) is 1.00. The van der Waals surface area contributed by atoms with Crippen molar-refractivity contribution in [2.75, 3.05) is 28.2 Å². The van der Waals surface area contributed by atoms with E-state index in [1.807, 2.05) is 0 Å². The summed E-state index contributed by atoms with van der Waals surface area (Å²) in [6.07, 6.45) is 23.1. The molecule has 0 aromatic carbocycles. The van der Waals surface area contributed by atoms with Gasteiger partial charge in [0.15, 0.2) is 12.2 Å². The molecule has 1 heterocycles. The molecule has 0 spiro atoms. The van der Waals surface area contributed by atoms with E-state index >= 15 is 0 Å². The monoisotopic (exact) mass is 419 g/mol.